The van der Waals surface area contributed by atoms with Gasteiger partial charge in [0.05, 0.1) is 5.39 Å². The van der Waals surface area contributed by atoms with E-state index >= 15 is 0 Å². The fourth-order valence-electron chi connectivity index (χ4n) is 4.83. The molecule has 5 rings (SSSR count). The van der Waals surface area contributed by atoms with Crippen molar-refractivity contribution >= 4 is 28.6 Å². The van der Waals surface area contributed by atoms with Gasteiger partial charge in [-0.05, 0) is 67.9 Å². The number of hydrogen-bond acceptors (Lipinski definition) is 5. The molecule has 7 nitrogen and oxygen atoms in total. The van der Waals surface area contributed by atoms with Crippen molar-refractivity contribution in [3.05, 3.63) is 65.4 Å². The van der Waals surface area contributed by atoms with Crippen LogP contribution in [0.5, 0.6) is 5.88 Å². The zero-order valence-corrected chi connectivity index (χ0v) is 21.3. The molecule has 0 saturated heterocycles. The molecule has 1 aliphatic rings. The smallest absolute Gasteiger partial charge is 0.251 e. The standard InChI is InChI=1S/C29H33N5O2/c1-17(2)22-15-20(27(35)30-4)13-14-24(22)32-29-33-26-25(28(34-29)36-21-7-5-6-8-21)23(16-31-26)19-11-9-18(3)10-12-19/h9-17,21H,5-8H2,1-4H3,(H,30,35)(H2,31,32,33,34). The van der Waals surface area contributed by atoms with Gasteiger partial charge in [-0.25, -0.2) is 0 Å². The Hall–Kier alpha value is -3.87. The third-order valence-electron chi connectivity index (χ3n) is 6.85. The maximum Gasteiger partial charge on any atom is 0.251 e. The summed E-state index contributed by atoms with van der Waals surface area (Å²) in [5.74, 6) is 1.15. The molecule has 2 heterocycles. The Morgan fingerprint density at radius 3 is 2.53 bits per heavy atom. The van der Waals surface area contributed by atoms with Crippen molar-refractivity contribution < 1.29 is 9.53 Å². The third-order valence-corrected chi connectivity index (χ3v) is 6.85. The SMILES string of the molecule is CNC(=O)c1ccc(Nc2nc(OC3CCCC3)c3c(-c4ccc(C)cc4)c[nH]c3n2)c(C(C)C)c1. The summed E-state index contributed by atoms with van der Waals surface area (Å²) in [6, 6.07) is 14.1. The predicted octanol–water partition coefficient (Wildman–Crippen LogP) is 6.48. The molecule has 36 heavy (non-hydrogen) atoms. The van der Waals surface area contributed by atoms with E-state index in [0.29, 0.717) is 17.4 Å². The van der Waals surface area contributed by atoms with E-state index in [4.69, 9.17) is 14.7 Å². The van der Waals surface area contributed by atoms with Crippen LogP contribution in [0.15, 0.2) is 48.7 Å². The first-order valence-electron chi connectivity index (χ1n) is 12.7. The predicted molar refractivity (Wildman–Crippen MR) is 144 cm³/mol. The minimum absolute atomic E-state index is 0.108. The highest BCUT2D eigenvalue weighted by Crippen LogP contribution is 2.37. The van der Waals surface area contributed by atoms with Crippen LogP contribution in [-0.4, -0.2) is 34.0 Å². The summed E-state index contributed by atoms with van der Waals surface area (Å²) >= 11 is 0. The minimum Gasteiger partial charge on any atom is -0.474 e. The van der Waals surface area contributed by atoms with Crippen molar-refractivity contribution in [1.82, 2.24) is 20.3 Å². The summed E-state index contributed by atoms with van der Waals surface area (Å²) in [7, 11) is 1.64. The van der Waals surface area contributed by atoms with Gasteiger partial charge in [0.1, 0.15) is 11.8 Å². The highest BCUT2D eigenvalue weighted by Gasteiger charge is 2.23. The number of ether oxygens (including phenoxy) is 1. The fraction of sp³-hybridized carbons (Fsp3) is 0.345. The number of H-pyrrole nitrogens is 1. The second kappa shape index (κ2) is 10.0. The number of carbonyl (C=O) groups is 1. The van der Waals surface area contributed by atoms with Crippen LogP contribution in [-0.2, 0) is 0 Å². The van der Waals surface area contributed by atoms with E-state index in [1.165, 1.54) is 18.4 Å². The Kier molecular flexibility index (Phi) is 6.63. The lowest BCUT2D eigenvalue weighted by molar-refractivity contribution is 0.0963. The summed E-state index contributed by atoms with van der Waals surface area (Å²) in [5.41, 5.74) is 6.58. The Morgan fingerprint density at radius 2 is 1.83 bits per heavy atom. The Bertz CT molecular complexity index is 1390. The van der Waals surface area contributed by atoms with Gasteiger partial charge < -0.3 is 20.4 Å². The molecular weight excluding hydrogens is 450 g/mol. The van der Waals surface area contributed by atoms with E-state index in [2.05, 4.69) is 60.7 Å². The van der Waals surface area contributed by atoms with Gasteiger partial charge in [0.2, 0.25) is 11.8 Å². The van der Waals surface area contributed by atoms with E-state index < -0.39 is 0 Å². The molecule has 0 unspecified atom stereocenters. The number of nitrogens with one attached hydrogen (secondary N) is 3. The first-order valence-corrected chi connectivity index (χ1v) is 12.7. The Morgan fingerprint density at radius 1 is 1.08 bits per heavy atom. The molecule has 0 spiro atoms. The summed E-state index contributed by atoms with van der Waals surface area (Å²) in [5, 5.41) is 6.99. The number of aromatic nitrogens is 3. The van der Waals surface area contributed by atoms with Crippen LogP contribution in [0.3, 0.4) is 0 Å². The monoisotopic (exact) mass is 483 g/mol. The summed E-state index contributed by atoms with van der Waals surface area (Å²) < 4.78 is 6.49. The minimum atomic E-state index is -0.108. The maximum atomic E-state index is 12.2. The number of aryl methyl sites for hydroxylation is 1. The van der Waals surface area contributed by atoms with E-state index in [-0.39, 0.29) is 17.9 Å². The Labute approximate surface area is 211 Å². The number of anilines is 2. The van der Waals surface area contributed by atoms with Crippen LogP contribution < -0.4 is 15.4 Å². The lowest BCUT2D eigenvalue weighted by Crippen LogP contribution is -2.18. The van der Waals surface area contributed by atoms with Crippen LogP contribution >= 0.6 is 0 Å². The normalized spacial score (nSPS) is 13.9. The molecule has 2 aromatic heterocycles. The molecule has 0 bridgehead atoms. The zero-order chi connectivity index (χ0) is 25.2. The van der Waals surface area contributed by atoms with Gasteiger partial charge in [0.15, 0.2) is 0 Å². The summed E-state index contributed by atoms with van der Waals surface area (Å²) in [6.07, 6.45) is 6.57. The Balaban J connectivity index is 1.57. The largest absolute Gasteiger partial charge is 0.474 e. The number of hydrogen-bond donors (Lipinski definition) is 3. The molecule has 1 aliphatic carbocycles. The topological polar surface area (TPSA) is 91.9 Å². The molecule has 7 heteroatoms. The molecule has 186 valence electrons. The molecule has 1 saturated carbocycles. The highest BCUT2D eigenvalue weighted by atomic mass is 16.5. The maximum absolute atomic E-state index is 12.2. The van der Waals surface area contributed by atoms with Crippen molar-refractivity contribution in [2.45, 2.75) is 58.5 Å². The van der Waals surface area contributed by atoms with Crippen LogP contribution in [0.2, 0.25) is 0 Å². The first kappa shape index (κ1) is 23.9. The summed E-state index contributed by atoms with van der Waals surface area (Å²) in [6.45, 7) is 6.29. The average molecular weight is 484 g/mol. The molecule has 4 aromatic rings. The number of amides is 1. The molecule has 1 fully saturated rings. The fourth-order valence-corrected chi connectivity index (χ4v) is 4.83. The number of fused-ring (bicyclic) bond motifs is 1. The number of nitrogens with zero attached hydrogens (tertiary/aromatic N) is 2. The average Bonchev–Trinajstić information content (AvgIpc) is 3.54. The van der Waals surface area contributed by atoms with Crippen LogP contribution in [0.1, 0.15) is 66.9 Å². The lowest BCUT2D eigenvalue weighted by atomic mass is 9.98. The second-order valence-electron chi connectivity index (χ2n) is 9.83. The molecule has 1 amide bonds. The van der Waals surface area contributed by atoms with Gasteiger partial charge in [0, 0.05) is 30.1 Å². The third kappa shape index (κ3) is 4.78. The van der Waals surface area contributed by atoms with Gasteiger partial charge >= 0.3 is 0 Å². The molecule has 2 aromatic carbocycles. The molecular formula is C29H33N5O2. The van der Waals surface area contributed by atoms with Crippen molar-refractivity contribution in [3.8, 4) is 17.0 Å². The van der Waals surface area contributed by atoms with Crippen molar-refractivity contribution in [2.75, 3.05) is 12.4 Å². The van der Waals surface area contributed by atoms with Gasteiger partial charge in [-0.3, -0.25) is 4.79 Å². The van der Waals surface area contributed by atoms with E-state index in [9.17, 15) is 4.79 Å². The van der Waals surface area contributed by atoms with E-state index in [0.717, 1.165) is 46.3 Å². The lowest BCUT2D eigenvalue weighted by Gasteiger charge is -2.17. The highest BCUT2D eigenvalue weighted by molar-refractivity contribution is 5.98. The molecule has 0 aliphatic heterocycles. The quantitative estimate of drug-likeness (QED) is 0.280. The molecule has 0 radical (unpaired) electrons. The van der Waals surface area contributed by atoms with Gasteiger partial charge in [-0.1, -0.05) is 43.7 Å². The van der Waals surface area contributed by atoms with Crippen LogP contribution in [0, 0.1) is 6.92 Å². The van der Waals surface area contributed by atoms with Crippen molar-refractivity contribution in [1.29, 1.82) is 0 Å². The van der Waals surface area contributed by atoms with Crippen molar-refractivity contribution in [2.24, 2.45) is 0 Å². The van der Waals surface area contributed by atoms with E-state index in [1.54, 1.807) is 7.05 Å². The first-order chi connectivity index (χ1) is 17.4. The van der Waals surface area contributed by atoms with Gasteiger partial charge in [-0.2, -0.15) is 9.97 Å². The number of rotatable bonds is 7. The van der Waals surface area contributed by atoms with Crippen molar-refractivity contribution in [3.63, 3.8) is 0 Å². The molecule has 3 N–H and O–H groups in total. The second-order valence-corrected chi connectivity index (χ2v) is 9.83. The van der Waals surface area contributed by atoms with Gasteiger partial charge in [0.25, 0.3) is 5.91 Å². The van der Waals surface area contributed by atoms with Crippen LogP contribution in [0.25, 0.3) is 22.2 Å². The number of benzene rings is 2. The zero-order valence-electron chi connectivity index (χ0n) is 21.3. The van der Waals surface area contributed by atoms with Crippen LogP contribution in [0.4, 0.5) is 11.6 Å². The molecule has 0 atom stereocenters. The summed E-state index contributed by atoms with van der Waals surface area (Å²) in [4.78, 5) is 25.2. The van der Waals surface area contributed by atoms with E-state index in [1.807, 2.05) is 24.4 Å². The number of aromatic amines is 1. The van der Waals surface area contributed by atoms with Gasteiger partial charge in [-0.15, -0.1) is 0 Å². The number of carbonyl (C=O) groups excluding carboxylic acids is 1.